The van der Waals surface area contributed by atoms with Crippen LogP contribution in [0, 0.1) is 20.2 Å². The monoisotopic (exact) mass is 328 g/mol. The van der Waals surface area contributed by atoms with Crippen LogP contribution in [0.2, 0.25) is 0 Å². The maximum Gasteiger partial charge on any atom is 0.283 e. The second-order valence-corrected chi connectivity index (χ2v) is 4.66. The molecule has 0 amide bonds. The first kappa shape index (κ1) is 16.8. The topological polar surface area (TPSA) is 113 Å². The third-order valence-electron chi connectivity index (χ3n) is 3.21. The zero-order valence-electron chi connectivity index (χ0n) is 12.5. The van der Waals surface area contributed by atoms with Crippen molar-refractivity contribution >= 4 is 23.2 Å². The summed E-state index contributed by atoms with van der Waals surface area (Å²) in [7, 11) is 1.43. The molecule has 8 nitrogen and oxygen atoms in total. The highest BCUT2D eigenvalue weighted by atomic mass is 16.6. The SMILES string of the molecule is COc1ccccc1C(=O)/C=C/c1ccc([N+](=O)[O-])cc1[N+](=O)[O-]. The first-order valence-electron chi connectivity index (χ1n) is 6.72. The molecule has 0 spiro atoms. The Morgan fingerprint density at radius 1 is 1.08 bits per heavy atom. The van der Waals surface area contributed by atoms with Gasteiger partial charge in [0, 0.05) is 6.07 Å². The summed E-state index contributed by atoms with van der Waals surface area (Å²) in [5.74, 6) is -0.0227. The number of rotatable bonds is 6. The molecule has 8 heteroatoms. The van der Waals surface area contributed by atoms with Gasteiger partial charge in [-0.2, -0.15) is 0 Å². The Bertz CT molecular complexity index is 844. The molecule has 0 N–H and O–H groups in total. The summed E-state index contributed by atoms with van der Waals surface area (Å²) in [6.45, 7) is 0. The van der Waals surface area contributed by atoms with E-state index in [1.54, 1.807) is 24.3 Å². The van der Waals surface area contributed by atoms with E-state index in [1.165, 1.54) is 19.3 Å². The second kappa shape index (κ2) is 7.14. The number of hydrogen-bond donors (Lipinski definition) is 0. The Hall–Kier alpha value is -3.55. The third-order valence-corrected chi connectivity index (χ3v) is 3.21. The molecule has 0 saturated carbocycles. The number of carbonyl (C=O) groups excluding carboxylic acids is 1. The van der Waals surface area contributed by atoms with E-state index in [4.69, 9.17) is 4.74 Å². The van der Waals surface area contributed by atoms with Crippen LogP contribution in [0.15, 0.2) is 48.5 Å². The van der Waals surface area contributed by atoms with Crippen molar-refractivity contribution in [2.75, 3.05) is 7.11 Å². The van der Waals surface area contributed by atoms with E-state index in [2.05, 4.69) is 0 Å². The number of nitrogens with zero attached hydrogens (tertiary/aromatic N) is 2. The summed E-state index contributed by atoms with van der Waals surface area (Å²) in [4.78, 5) is 32.5. The van der Waals surface area contributed by atoms with Gasteiger partial charge in [0.25, 0.3) is 11.4 Å². The van der Waals surface area contributed by atoms with E-state index in [9.17, 15) is 25.0 Å². The van der Waals surface area contributed by atoms with Crippen molar-refractivity contribution in [2.24, 2.45) is 0 Å². The molecule has 0 aromatic heterocycles. The molecule has 0 radical (unpaired) electrons. The van der Waals surface area contributed by atoms with Gasteiger partial charge in [-0.05, 0) is 30.4 Å². The lowest BCUT2D eigenvalue weighted by Crippen LogP contribution is -1.99. The Morgan fingerprint density at radius 3 is 2.42 bits per heavy atom. The van der Waals surface area contributed by atoms with Crippen LogP contribution < -0.4 is 4.74 Å². The van der Waals surface area contributed by atoms with Crippen LogP contribution in [0.25, 0.3) is 6.08 Å². The van der Waals surface area contributed by atoms with Crippen molar-refractivity contribution in [1.82, 2.24) is 0 Å². The molecule has 0 bridgehead atoms. The second-order valence-electron chi connectivity index (χ2n) is 4.66. The molecular formula is C16H12N2O6. The lowest BCUT2D eigenvalue weighted by Gasteiger charge is -2.04. The molecular weight excluding hydrogens is 316 g/mol. The zero-order valence-corrected chi connectivity index (χ0v) is 12.5. The van der Waals surface area contributed by atoms with Crippen molar-refractivity contribution in [3.8, 4) is 5.75 Å². The van der Waals surface area contributed by atoms with Crippen LogP contribution in [-0.4, -0.2) is 22.7 Å². The van der Waals surface area contributed by atoms with Gasteiger partial charge >= 0.3 is 0 Å². The minimum atomic E-state index is -0.736. The third kappa shape index (κ3) is 3.61. The summed E-state index contributed by atoms with van der Waals surface area (Å²) in [6, 6.07) is 9.78. The van der Waals surface area contributed by atoms with Crippen molar-refractivity contribution < 1.29 is 19.4 Å². The largest absolute Gasteiger partial charge is 0.496 e. The average Bonchev–Trinajstić information content (AvgIpc) is 2.59. The highest BCUT2D eigenvalue weighted by Gasteiger charge is 2.18. The minimum absolute atomic E-state index is 0.0915. The summed E-state index contributed by atoms with van der Waals surface area (Å²) in [5, 5.41) is 21.8. The van der Waals surface area contributed by atoms with Crippen molar-refractivity contribution in [3.63, 3.8) is 0 Å². The van der Waals surface area contributed by atoms with Gasteiger partial charge in [0.1, 0.15) is 5.75 Å². The normalized spacial score (nSPS) is 10.5. The molecule has 122 valence electrons. The Labute approximate surface area is 136 Å². The summed E-state index contributed by atoms with van der Waals surface area (Å²) >= 11 is 0. The Morgan fingerprint density at radius 2 is 1.79 bits per heavy atom. The van der Waals surface area contributed by atoms with Gasteiger partial charge in [-0.25, -0.2) is 0 Å². The lowest BCUT2D eigenvalue weighted by atomic mass is 10.1. The fourth-order valence-corrected chi connectivity index (χ4v) is 2.05. The Balaban J connectivity index is 2.36. The molecule has 0 saturated heterocycles. The number of para-hydroxylation sites is 1. The van der Waals surface area contributed by atoms with E-state index in [1.807, 2.05) is 0 Å². The number of benzene rings is 2. The molecule has 0 fully saturated rings. The van der Waals surface area contributed by atoms with Crippen LogP contribution in [0.1, 0.15) is 15.9 Å². The highest BCUT2D eigenvalue weighted by molar-refractivity contribution is 6.08. The van der Waals surface area contributed by atoms with Crippen LogP contribution in [-0.2, 0) is 0 Å². The van der Waals surface area contributed by atoms with Crippen molar-refractivity contribution in [1.29, 1.82) is 0 Å². The molecule has 2 rings (SSSR count). The number of non-ortho nitro benzene ring substituents is 1. The summed E-state index contributed by atoms with van der Waals surface area (Å²) in [6.07, 6.45) is 2.41. The highest BCUT2D eigenvalue weighted by Crippen LogP contribution is 2.26. The first-order chi connectivity index (χ1) is 11.4. The van der Waals surface area contributed by atoms with E-state index in [0.717, 1.165) is 18.2 Å². The smallest absolute Gasteiger partial charge is 0.283 e. The molecule has 0 unspecified atom stereocenters. The van der Waals surface area contributed by atoms with Gasteiger partial charge in [-0.1, -0.05) is 12.1 Å². The quantitative estimate of drug-likeness (QED) is 0.347. The van der Waals surface area contributed by atoms with Gasteiger partial charge in [0.05, 0.1) is 34.1 Å². The summed E-state index contributed by atoms with van der Waals surface area (Å²) in [5.41, 5.74) is -0.446. The number of allylic oxidation sites excluding steroid dienone is 1. The van der Waals surface area contributed by atoms with Gasteiger partial charge in [-0.3, -0.25) is 25.0 Å². The predicted octanol–water partition coefficient (Wildman–Crippen LogP) is 3.41. The standard InChI is InChI=1S/C16H12N2O6/c1-24-16-5-3-2-4-13(16)15(19)9-7-11-6-8-12(17(20)21)10-14(11)18(22)23/h2-10H,1H3/b9-7+. The fraction of sp³-hybridized carbons (Fsp3) is 0.0625. The van der Waals surface area contributed by atoms with E-state index in [-0.39, 0.29) is 5.56 Å². The fourth-order valence-electron chi connectivity index (χ4n) is 2.05. The van der Waals surface area contributed by atoms with Gasteiger partial charge < -0.3 is 4.74 Å². The minimum Gasteiger partial charge on any atom is -0.496 e. The van der Waals surface area contributed by atoms with Gasteiger partial charge in [-0.15, -0.1) is 0 Å². The van der Waals surface area contributed by atoms with Gasteiger partial charge in [0.2, 0.25) is 0 Å². The molecule has 0 aliphatic heterocycles. The van der Waals surface area contributed by atoms with Crippen LogP contribution in [0.5, 0.6) is 5.75 Å². The summed E-state index contributed by atoms with van der Waals surface area (Å²) < 4.78 is 5.08. The predicted molar refractivity (Wildman–Crippen MR) is 86.1 cm³/mol. The molecule has 0 aliphatic carbocycles. The molecule has 0 aliphatic rings. The molecule has 2 aromatic rings. The van der Waals surface area contributed by atoms with Crippen LogP contribution in [0.3, 0.4) is 0 Å². The lowest BCUT2D eigenvalue weighted by molar-refractivity contribution is -0.394. The first-order valence-corrected chi connectivity index (χ1v) is 6.72. The number of methoxy groups -OCH3 is 1. The average molecular weight is 328 g/mol. The number of carbonyl (C=O) groups is 1. The Kier molecular flexibility index (Phi) is 5.00. The van der Waals surface area contributed by atoms with Crippen molar-refractivity contribution in [3.05, 3.63) is 79.9 Å². The number of hydrogen-bond acceptors (Lipinski definition) is 6. The van der Waals surface area contributed by atoms with Crippen molar-refractivity contribution in [2.45, 2.75) is 0 Å². The maximum absolute atomic E-state index is 12.2. The number of ketones is 1. The molecule has 2 aromatic carbocycles. The van der Waals surface area contributed by atoms with E-state index >= 15 is 0 Å². The van der Waals surface area contributed by atoms with Crippen LogP contribution in [0.4, 0.5) is 11.4 Å². The maximum atomic E-state index is 12.2. The molecule has 0 atom stereocenters. The molecule has 24 heavy (non-hydrogen) atoms. The van der Waals surface area contributed by atoms with E-state index < -0.39 is 27.0 Å². The zero-order chi connectivity index (χ0) is 17.7. The number of ether oxygens (including phenoxy) is 1. The van der Waals surface area contributed by atoms with Crippen LogP contribution >= 0.6 is 0 Å². The number of nitro groups is 2. The van der Waals surface area contributed by atoms with E-state index in [0.29, 0.717) is 11.3 Å². The molecule has 0 heterocycles. The van der Waals surface area contributed by atoms with Gasteiger partial charge in [0.15, 0.2) is 5.78 Å². The number of nitro benzene ring substituents is 2.